The van der Waals surface area contributed by atoms with Gasteiger partial charge in [-0.05, 0) is 36.8 Å². The molecule has 138 valence electrons. The highest BCUT2D eigenvalue weighted by atomic mass is 16.5. The van der Waals surface area contributed by atoms with Crippen molar-refractivity contribution in [3.8, 4) is 11.5 Å². The fraction of sp³-hybridized carbons (Fsp3) is 0.105. The maximum atomic E-state index is 12.7. The number of rotatable bonds is 6. The number of nitrogens with zero attached hydrogens (tertiary/aromatic N) is 4. The van der Waals surface area contributed by atoms with E-state index in [1.54, 1.807) is 36.7 Å². The molecule has 0 aromatic carbocycles. The Morgan fingerprint density at radius 3 is 2.93 bits per heavy atom. The minimum absolute atomic E-state index is 0. The number of pyridine rings is 3. The van der Waals surface area contributed by atoms with E-state index in [9.17, 15) is 4.79 Å². The molecule has 0 aliphatic rings. The van der Waals surface area contributed by atoms with E-state index in [1.807, 2.05) is 19.1 Å². The molecule has 3 N–H and O–H groups in total. The van der Waals surface area contributed by atoms with Crippen molar-refractivity contribution < 1.29 is 11.0 Å². The van der Waals surface area contributed by atoms with Crippen LogP contribution in [0.2, 0.25) is 0 Å². The molecule has 0 aliphatic carbocycles. The zero-order valence-electron chi connectivity index (χ0n) is 14.7. The standard InChI is InChI=1S/C19H18N6O2.H2/c1-2-13-5-3-7-17(24-13)25-19(26)16-9-15(11-22-18(16)23-12-20)27-14-6-4-8-21-10-14;/h3-12H,2H2,1H3,(H2,20,22,23)(H,24,25,26);1H. The molecule has 0 saturated heterocycles. The zero-order chi connectivity index (χ0) is 19.1. The van der Waals surface area contributed by atoms with Gasteiger partial charge in [0, 0.05) is 13.3 Å². The second kappa shape index (κ2) is 8.52. The number of anilines is 1. The lowest BCUT2D eigenvalue weighted by atomic mass is 10.2. The summed E-state index contributed by atoms with van der Waals surface area (Å²) in [6.45, 7) is 1.99. The smallest absolute Gasteiger partial charge is 0.260 e. The van der Waals surface area contributed by atoms with E-state index < -0.39 is 5.91 Å². The van der Waals surface area contributed by atoms with Gasteiger partial charge in [-0.3, -0.25) is 9.78 Å². The zero-order valence-corrected chi connectivity index (χ0v) is 14.7. The summed E-state index contributed by atoms with van der Waals surface area (Å²) in [7, 11) is 0. The molecule has 0 radical (unpaired) electrons. The van der Waals surface area contributed by atoms with Gasteiger partial charge in [-0.25, -0.2) is 15.0 Å². The number of aryl methyl sites for hydroxylation is 1. The van der Waals surface area contributed by atoms with E-state index in [1.165, 1.54) is 6.20 Å². The largest absolute Gasteiger partial charge is 0.454 e. The molecular formula is C19H20N6O2. The number of carbonyl (C=O) groups is 1. The summed E-state index contributed by atoms with van der Waals surface area (Å²) in [5.41, 5.74) is 6.45. The van der Waals surface area contributed by atoms with E-state index >= 15 is 0 Å². The number of aliphatic imine (C=N–C) groups is 1. The Bertz CT molecular complexity index is 966. The molecule has 0 spiro atoms. The van der Waals surface area contributed by atoms with Crippen LogP contribution in [0.25, 0.3) is 0 Å². The third-order valence-electron chi connectivity index (χ3n) is 3.56. The van der Waals surface area contributed by atoms with E-state index in [4.69, 9.17) is 10.5 Å². The molecule has 3 aromatic rings. The van der Waals surface area contributed by atoms with Crippen LogP contribution in [0, 0.1) is 0 Å². The predicted octanol–water partition coefficient (Wildman–Crippen LogP) is 3.34. The summed E-state index contributed by atoms with van der Waals surface area (Å²) in [6, 6.07) is 10.5. The maximum Gasteiger partial charge on any atom is 0.260 e. The first-order valence-electron chi connectivity index (χ1n) is 8.29. The molecule has 3 rings (SSSR count). The average molecular weight is 364 g/mol. The van der Waals surface area contributed by atoms with Crippen LogP contribution in [-0.4, -0.2) is 27.2 Å². The highest BCUT2D eigenvalue weighted by Gasteiger charge is 2.15. The Kier molecular flexibility index (Phi) is 5.68. The highest BCUT2D eigenvalue weighted by Crippen LogP contribution is 2.26. The predicted molar refractivity (Wildman–Crippen MR) is 105 cm³/mol. The summed E-state index contributed by atoms with van der Waals surface area (Å²) >= 11 is 0. The number of aromatic nitrogens is 3. The van der Waals surface area contributed by atoms with Crippen LogP contribution in [-0.2, 0) is 6.42 Å². The Morgan fingerprint density at radius 2 is 2.19 bits per heavy atom. The first-order valence-corrected chi connectivity index (χ1v) is 8.29. The van der Waals surface area contributed by atoms with Crippen LogP contribution in [0.5, 0.6) is 11.5 Å². The quantitative estimate of drug-likeness (QED) is 0.512. The number of hydrogen-bond donors (Lipinski definition) is 2. The van der Waals surface area contributed by atoms with Crippen molar-refractivity contribution in [3.63, 3.8) is 0 Å². The summed E-state index contributed by atoms with van der Waals surface area (Å²) in [6.07, 6.45) is 6.51. The number of nitrogens with one attached hydrogen (secondary N) is 1. The normalized spacial score (nSPS) is 10.7. The van der Waals surface area contributed by atoms with Gasteiger partial charge in [0.15, 0.2) is 5.82 Å². The van der Waals surface area contributed by atoms with Crippen LogP contribution >= 0.6 is 0 Å². The van der Waals surface area contributed by atoms with Crippen LogP contribution in [0.15, 0.2) is 60.0 Å². The third-order valence-corrected chi connectivity index (χ3v) is 3.56. The van der Waals surface area contributed by atoms with Gasteiger partial charge in [-0.2, -0.15) is 0 Å². The van der Waals surface area contributed by atoms with E-state index in [2.05, 4.69) is 25.3 Å². The molecule has 27 heavy (non-hydrogen) atoms. The van der Waals surface area contributed by atoms with E-state index in [-0.39, 0.29) is 12.8 Å². The molecule has 8 nitrogen and oxygen atoms in total. The van der Waals surface area contributed by atoms with Gasteiger partial charge < -0.3 is 15.8 Å². The van der Waals surface area contributed by atoms with Crippen LogP contribution in [0.3, 0.4) is 0 Å². The molecule has 0 atom stereocenters. The van der Waals surface area contributed by atoms with Crippen molar-refractivity contribution in [2.45, 2.75) is 13.3 Å². The van der Waals surface area contributed by atoms with Gasteiger partial charge in [0.1, 0.15) is 17.3 Å². The first-order chi connectivity index (χ1) is 13.2. The fourth-order valence-corrected chi connectivity index (χ4v) is 2.31. The summed E-state index contributed by atoms with van der Waals surface area (Å²) in [4.78, 5) is 29.2. The van der Waals surface area contributed by atoms with Crippen molar-refractivity contribution >= 4 is 23.9 Å². The van der Waals surface area contributed by atoms with Crippen LogP contribution in [0.1, 0.15) is 24.4 Å². The molecule has 3 heterocycles. The summed E-state index contributed by atoms with van der Waals surface area (Å²) < 4.78 is 5.69. The first kappa shape index (κ1) is 18.0. The Morgan fingerprint density at radius 1 is 1.30 bits per heavy atom. The number of hydrogen-bond acceptors (Lipinski definition) is 6. The second-order valence-corrected chi connectivity index (χ2v) is 5.43. The van der Waals surface area contributed by atoms with Crippen molar-refractivity contribution in [1.82, 2.24) is 15.0 Å². The van der Waals surface area contributed by atoms with Crippen molar-refractivity contribution in [3.05, 3.63) is 66.2 Å². The Labute approximate surface area is 157 Å². The highest BCUT2D eigenvalue weighted by molar-refractivity contribution is 6.07. The van der Waals surface area contributed by atoms with E-state index in [0.717, 1.165) is 18.5 Å². The monoisotopic (exact) mass is 364 g/mol. The fourth-order valence-electron chi connectivity index (χ4n) is 2.31. The van der Waals surface area contributed by atoms with Gasteiger partial charge >= 0.3 is 0 Å². The van der Waals surface area contributed by atoms with Crippen LogP contribution < -0.4 is 15.8 Å². The molecule has 8 heteroatoms. The van der Waals surface area contributed by atoms with Crippen molar-refractivity contribution in [1.29, 1.82) is 0 Å². The van der Waals surface area contributed by atoms with Crippen molar-refractivity contribution in [2.75, 3.05) is 5.32 Å². The topological polar surface area (TPSA) is 115 Å². The molecular weight excluding hydrogens is 344 g/mol. The lowest BCUT2D eigenvalue weighted by Crippen LogP contribution is -2.14. The van der Waals surface area contributed by atoms with Crippen molar-refractivity contribution in [2.24, 2.45) is 10.7 Å². The van der Waals surface area contributed by atoms with Gasteiger partial charge in [0.05, 0.1) is 24.3 Å². The van der Waals surface area contributed by atoms with Gasteiger partial charge in [0.25, 0.3) is 5.91 Å². The van der Waals surface area contributed by atoms with E-state index in [0.29, 0.717) is 17.3 Å². The summed E-state index contributed by atoms with van der Waals surface area (Å²) in [5, 5.41) is 2.75. The molecule has 3 aromatic heterocycles. The maximum absolute atomic E-state index is 12.7. The minimum atomic E-state index is -0.416. The molecule has 0 bridgehead atoms. The molecule has 0 unspecified atom stereocenters. The number of ether oxygens (including phenoxy) is 1. The Balaban J connectivity index is 0.00000280. The molecule has 0 saturated carbocycles. The van der Waals surface area contributed by atoms with Gasteiger partial charge in [-0.15, -0.1) is 0 Å². The SMILES string of the molecule is CCc1cccc(NC(=O)c2cc(Oc3cccnc3)cnc2/N=C\N)n1.[HH]. The summed E-state index contributed by atoms with van der Waals surface area (Å²) in [5.74, 6) is 1.11. The molecule has 0 fully saturated rings. The number of amides is 1. The van der Waals surface area contributed by atoms with Crippen LogP contribution in [0.4, 0.5) is 11.6 Å². The second-order valence-electron chi connectivity index (χ2n) is 5.43. The number of carbonyl (C=O) groups excluding carboxylic acids is 1. The lowest BCUT2D eigenvalue weighted by Gasteiger charge is -2.10. The minimum Gasteiger partial charge on any atom is -0.454 e. The number of nitrogens with two attached hydrogens (primary N) is 1. The lowest BCUT2D eigenvalue weighted by molar-refractivity contribution is 0.102. The Hall–Kier alpha value is -3.81. The molecule has 1 amide bonds. The third kappa shape index (κ3) is 4.63. The van der Waals surface area contributed by atoms with Gasteiger partial charge in [-0.1, -0.05) is 13.0 Å². The van der Waals surface area contributed by atoms with Gasteiger partial charge in [0.2, 0.25) is 0 Å². The molecule has 0 aliphatic heterocycles. The average Bonchev–Trinajstić information content (AvgIpc) is 2.70.